The van der Waals surface area contributed by atoms with Crippen LogP contribution in [-0.4, -0.2) is 22.9 Å². The molecule has 2 aromatic carbocycles. The predicted molar refractivity (Wildman–Crippen MR) is 98.4 cm³/mol. The van der Waals surface area contributed by atoms with Crippen molar-refractivity contribution < 1.29 is 23.8 Å². The van der Waals surface area contributed by atoms with Crippen molar-refractivity contribution in [3.05, 3.63) is 80.6 Å². The number of nitrogens with zero attached hydrogens (tertiary/aromatic N) is 2. The molecule has 0 unspecified atom stereocenters. The topological polar surface area (TPSA) is 138 Å². The van der Waals surface area contributed by atoms with E-state index in [0.29, 0.717) is 5.56 Å². The highest BCUT2D eigenvalue weighted by Crippen LogP contribution is 2.30. The fourth-order valence-electron chi connectivity index (χ4n) is 2.48. The molecule has 1 amide bonds. The largest absolute Gasteiger partial charge is 0.495 e. The van der Waals surface area contributed by atoms with Crippen LogP contribution < -0.4 is 10.1 Å². The highest BCUT2D eigenvalue weighted by Gasteiger charge is 2.18. The van der Waals surface area contributed by atoms with E-state index in [2.05, 4.69) is 5.32 Å². The van der Waals surface area contributed by atoms with Crippen LogP contribution in [0.15, 0.2) is 59.0 Å². The number of nitro groups is 2. The van der Waals surface area contributed by atoms with Crippen molar-refractivity contribution in [2.75, 3.05) is 12.4 Å². The number of nitro benzene ring substituents is 2. The van der Waals surface area contributed by atoms with Gasteiger partial charge in [-0.05, 0) is 18.2 Å². The Balaban J connectivity index is 1.85. The number of benzene rings is 2. The third-order valence-corrected chi connectivity index (χ3v) is 3.81. The molecule has 142 valence electrons. The van der Waals surface area contributed by atoms with Crippen molar-refractivity contribution in [3.8, 4) is 17.1 Å². The minimum atomic E-state index is -0.657. The molecule has 10 heteroatoms. The number of carbonyl (C=O) groups is 1. The second kappa shape index (κ2) is 7.58. The van der Waals surface area contributed by atoms with Crippen LogP contribution in [0.1, 0.15) is 10.6 Å². The summed E-state index contributed by atoms with van der Waals surface area (Å²) in [7, 11) is 1.37. The molecule has 0 aliphatic rings. The van der Waals surface area contributed by atoms with Crippen LogP contribution >= 0.6 is 0 Å². The third kappa shape index (κ3) is 3.80. The van der Waals surface area contributed by atoms with Gasteiger partial charge < -0.3 is 14.5 Å². The fourth-order valence-corrected chi connectivity index (χ4v) is 2.48. The van der Waals surface area contributed by atoms with E-state index in [1.165, 1.54) is 55.6 Å². The summed E-state index contributed by atoms with van der Waals surface area (Å²) in [5.74, 6) is -0.227. The molecule has 0 saturated heterocycles. The first kappa shape index (κ1) is 18.6. The molecule has 0 radical (unpaired) electrons. The number of hydrogen-bond acceptors (Lipinski definition) is 7. The van der Waals surface area contributed by atoms with Crippen LogP contribution in [0, 0.1) is 20.2 Å². The summed E-state index contributed by atoms with van der Waals surface area (Å²) in [5.41, 5.74) is 0.213. The van der Waals surface area contributed by atoms with Crippen LogP contribution in [0.2, 0.25) is 0 Å². The number of ether oxygens (including phenoxy) is 1. The molecule has 0 saturated carbocycles. The molecule has 10 nitrogen and oxygen atoms in total. The number of anilines is 1. The Morgan fingerprint density at radius 2 is 1.71 bits per heavy atom. The van der Waals surface area contributed by atoms with Gasteiger partial charge in [-0.1, -0.05) is 12.1 Å². The van der Waals surface area contributed by atoms with Gasteiger partial charge in [0, 0.05) is 29.8 Å². The molecule has 0 aliphatic carbocycles. The predicted octanol–water partition coefficient (Wildman–Crippen LogP) is 4.02. The number of hydrogen-bond donors (Lipinski definition) is 1. The van der Waals surface area contributed by atoms with Crippen molar-refractivity contribution in [1.82, 2.24) is 0 Å². The number of non-ortho nitro benzene ring substituents is 2. The van der Waals surface area contributed by atoms with E-state index in [1.807, 2.05) is 0 Å². The molecule has 3 aromatic rings. The Kier molecular flexibility index (Phi) is 5.03. The maximum atomic E-state index is 12.4. The summed E-state index contributed by atoms with van der Waals surface area (Å²) >= 11 is 0. The maximum absolute atomic E-state index is 12.4. The first-order valence-electron chi connectivity index (χ1n) is 7.87. The van der Waals surface area contributed by atoms with E-state index >= 15 is 0 Å². The van der Waals surface area contributed by atoms with Crippen molar-refractivity contribution in [2.24, 2.45) is 0 Å². The number of methoxy groups -OCH3 is 1. The molecule has 0 fully saturated rings. The van der Waals surface area contributed by atoms with Gasteiger partial charge in [-0.25, -0.2) is 0 Å². The summed E-state index contributed by atoms with van der Waals surface area (Å²) in [5, 5.41) is 24.3. The van der Waals surface area contributed by atoms with E-state index in [0.717, 1.165) is 0 Å². The van der Waals surface area contributed by atoms with Crippen molar-refractivity contribution >= 4 is 23.0 Å². The zero-order chi connectivity index (χ0) is 20.3. The zero-order valence-corrected chi connectivity index (χ0v) is 14.4. The van der Waals surface area contributed by atoms with Gasteiger partial charge in [-0.2, -0.15) is 0 Å². The average molecular weight is 383 g/mol. The molecular weight excluding hydrogens is 370 g/mol. The smallest absolute Gasteiger partial charge is 0.291 e. The van der Waals surface area contributed by atoms with Crippen molar-refractivity contribution in [2.45, 2.75) is 0 Å². The Hall–Kier alpha value is -4.21. The lowest BCUT2D eigenvalue weighted by molar-refractivity contribution is -0.385. The minimum Gasteiger partial charge on any atom is -0.495 e. The van der Waals surface area contributed by atoms with Gasteiger partial charge in [0.15, 0.2) is 5.76 Å². The Labute approximate surface area is 157 Å². The molecular formula is C18H13N3O7. The van der Waals surface area contributed by atoms with E-state index in [1.54, 1.807) is 6.07 Å². The van der Waals surface area contributed by atoms with Crippen LogP contribution in [-0.2, 0) is 0 Å². The lowest BCUT2D eigenvalue weighted by Gasteiger charge is -2.08. The van der Waals surface area contributed by atoms with Crippen LogP contribution in [0.4, 0.5) is 17.1 Å². The zero-order valence-electron chi connectivity index (χ0n) is 14.4. The monoisotopic (exact) mass is 383 g/mol. The molecule has 0 atom stereocenters. The van der Waals surface area contributed by atoms with Crippen molar-refractivity contribution in [1.29, 1.82) is 0 Å². The number of amides is 1. The highest BCUT2D eigenvalue weighted by molar-refractivity contribution is 6.03. The van der Waals surface area contributed by atoms with Gasteiger partial charge in [0.2, 0.25) is 0 Å². The summed E-state index contributed by atoms with van der Waals surface area (Å²) < 4.78 is 10.6. The lowest BCUT2D eigenvalue weighted by atomic mass is 10.1. The number of carbonyl (C=O) groups excluding carboxylic acids is 1. The fraction of sp³-hybridized carbons (Fsp3) is 0.0556. The third-order valence-electron chi connectivity index (χ3n) is 3.81. The van der Waals surface area contributed by atoms with Crippen LogP contribution in [0.5, 0.6) is 5.75 Å². The van der Waals surface area contributed by atoms with Crippen LogP contribution in [0.3, 0.4) is 0 Å². The highest BCUT2D eigenvalue weighted by atomic mass is 16.6. The lowest BCUT2D eigenvalue weighted by Crippen LogP contribution is -2.12. The van der Waals surface area contributed by atoms with Crippen molar-refractivity contribution in [3.63, 3.8) is 0 Å². The van der Waals surface area contributed by atoms with Crippen LogP contribution in [0.25, 0.3) is 11.3 Å². The molecule has 3 rings (SSSR count). The summed E-state index contributed by atoms with van der Waals surface area (Å²) in [6, 6.07) is 12.5. The first-order chi connectivity index (χ1) is 13.4. The van der Waals surface area contributed by atoms with E-state index < -0.39 is 15.8 Å². The maximum Gasteiger partial charge on any atom is 0.291 e. The van der Waals surface area contributed by atoms with Gasteiger partial charge in [0.1, 0.15) is 11.5 Å². The SMILES string of the molecule is COc1ccc([N+](=O)[O-])cc1NC(=O)c1ccc(-c2cccc([N+](=O)[O-])c2)o1. The first-order valence-corrected chi connectivity index (χ1v) is 7.87. The summed E-state index contributed by atoms with van der Waals surface area (Å²) in [4.78, 5) is 33.1. The van der Waals surface area contributed by atoms with E-state index in [4.69, 9.17) is 9.15 Å². The number of rotatable bonds is 6. The number of furan rings is 1. The van der Waals surface area contributed by atoms with Gasteiger partial charge in [0.25, 0.3) is 17.3 Å². The molecule has 1 aromatic heterocycles. The molecule has 1 N–H and O–H groups in total. The van der Waals surface area contributed by atoms with Gasteiger partial charge in [0.05, 0.1) is 22.6 Å². The summed E-state index contributed by atoms with van der Waals surface area (Å²) in [6.45, 7) is 0. The number of nitrogens with one attached hydrogen (secondary N) is 1. The molecule has 1 heterocycles. The van der Waals surface area contributed by atoms with E-state index in [-0.39, 0.29) is 34.3 Å². The molecule has 0 aliphatic heterocycles. The average Bonchev–Trinajstić information content (AvgIpc) is 3.18. The Morgan fingerprint density at radius 1 is 1.00 bits per heavy atom. The van der Waals surface area contributed by atoms with Gasteiger partial charge in [-0.3, -0.25) is 25.0 Å². The molecule has 0 bridgehead atoms. The quantitative estimate of drug-likeness (QED) is 0.501. The standard InChI is InChI=1S/C18H13N3O7/c1-27-16-6-5-13(21(25)26)10-14(16)19-18(22)17-8-7-15(28-17)11-3-2-4-12(9-11)20(23)24/h2-10H,1H3,(H,19,22). The normalized spacial score (nSPS) is 10.3. The summed E-state index contributed by atoms with van der Waals surface area (Å²) in [6.07, 6.45) is 0. The second-order valence-electron chi connectivity index (χ2n) is 5.57. The Bertz CT molecular complexity index is 1070. The second-order valence-corrected chi connectivity index (χ2v) is 5.57. The van der Waals surface area contributed by atoms with E-state index in [9.17, 15) is 25.0 Å². The molecule has 28 heavy (non-hydrogen) atoms. The molecule has 0 spiro atoms. The minimum absolute atomic E-state index is 0.0740. The Morgan fingerprint density at radius 3 is 2.39 bits per heavy atom. The van der Waals surface area contributed by atoms with Gasteiger partial charge in [-0.15, -0.1) is 0 Å². The van der Waals surface area contributed by atoms with Gasteiger partial charge >= 0.3 is 0 Å².